The number of aliphatic carboxylic acids is 1. The fourth-order valence-corrected chi connectivity index (χ4v) is 3.12. The zero-order chi connectivity index (χ0) is 13.0. The average Bonchev–Trinajstić information content (AvgIpc) is 2.23. The third kappa shape index (κ3) is 3.98. The Morgan fingerprint density at radius 2 is 2.00 bits per heavy atom. The zero-order valence-electron chi connectivity index (χ0n) is 11.6. The van der Waals surface area contributed by atoms with Crippen molar-refractivity contribution >= 4 is 5.97 Å². The lowest BCUT2D eigenvalue weighted by Crippen LogP contribution is -2.45. The maximum Gasteiger partial charge on any atom is 0.304 e. The van der Waals surface area contributed by atoms with Crippen molar-refractivity contribution < 1.29 is 9.90 Å². The lowest BCUT2D eigenvalue weighted by atomic mass is 9.78. The second kappa shape index (κ2) is 6.39. The highest BCUT2D eigenvalue weighted by atomic mass is 16.4. The Hall–Kier alpha value is -0.570. The SMILES string of the molecule is CCN(C(C)CC(=O)O)C1CCC(C)C(C)C1. The monoisotopic (exact) mass is 241 g/mol. The third-order valence-electron chi connectivity index (χ3n) is 4.44. The van der Waals surface area contributed by atoms with Crippen LogP contribution in [0.3, 0.4) is 0 Å². The molecule has 0 radical (unpaired) electrons. The predicted molar refractivity (Wildman–Crippen MR) is 70.1 cm³/mol. The van der Waals surface area contributed by atoms with E-state index in [0.29, 0.717) is 6.04 Å². The molecule has 17 heavy (non-hydrogen) atoms. The van der Waals surface area contributed by atoms with Crippen LogP contribution in [0.2, 0.25) is 0 Å². The van der Waals surface area contributed by atoms with Gasteiger partial charge in [0, 0.05) is 12.1 Å². The van der Waals surface area contributed by atoms with Gasteiger partial charge in [-0.05, 0) is 44.6 Å². The Labute approximate surface area is 105 Å². The van der Waals surface area contributed by atoms with Crippen LogP contribution in [0.25, 0.3) is 0 Å². The van der Waals surface area contributed by atoms with E-state index in [4.69, 9.17) is 5.11 Å². The molecule has 0 aromatic rings. The standard InChI is InChI=1S/C14H27NO2/c1-5-15(12(4)9-14(16)17)13-7-6-10(2)11(3)8-13/h10-13H,5-9H2,1-4H3,(H,16,17). The van der Waals surface area contributed by atoms with Crippen molar-refractivity contribution in [1.82, 2.24) is 4.90 Å². The van der Waals surface area contributed by atoms with Crippen LogP contribution in [0.15, 0.2) is 0 Å². The minimum Gasteiger partial charge on any atom is -0.481 e. The Kier molecular flexibility index (Phi) is 5.44. The molecule has 0 heterocycles. The van der Waals surface area contributed by atoms with Gasteiger partial charge in [0.15, 0.2) is 0 Å². The van der Waals surface area contributed by atoms with Crippen molar-refractivity contribution in [3.63, 3.8) is 0 Å². The van der Waals surface area contributed by atoms with Crippen LogP contribution < -0.4 is 0 Å². The molecule has 1 saturated carbocycles. The Morgan fingerprint density at radius 1 is 1.35 bits per heavy atom. The molecule has 0 saturated heterocycles. The summed E-state index contributed by atoms with van der Waals surface area (Å²) in [6, 6.07) is 0.739. The van der Waals surface area contributed by atoms with Crippen molar-refractivity contribution in [2.24, 2.45) is 11.8 Å². The molecule has 0 bridgehead atoms. The summed E-state index contributed by atoms with van der Waals surface area (Å²) in [4.78, 5) is 13.2. The lowest BCUT2D eigenvalue weighted by molar-refractivity contribution is -0.138. The van der Waals surface area contributed by atoms with Crippen LogP contribution in [0.5, 0.6) is 0 Å². The van der Waals surface area contributed by atoms with Crippen LogP contribution in [-0.2, 0) is 4.79 Å². The molecule has 0 amide bonds. The van der Waals surface area contributed by atoms with Crippen LogP contribution in [-0.4, -0.2) is 34.6 Å². The first-order valence-electron chi connectivity index (χ1n) is 6.93. The topological polar surface area (TPSA) is 40.5 Å². The number of hydrogen-bond donors (Lipinski definition) is 1. The smallest absolute Gasteiger partial charge is 0.304 e. The second-order valence-electron chi connectivity index (χ2n) is 5.70. The average molecular weight is 241 g/mol. The summed E-state index contributed by atoms with van der Waals surface area (Å²) in [7, 11) is 0. The molecule has 1 aliphatic carbocycles. The molecule has 0 aliphatic heterocycles. The number of rotatable bonds is 5. The molecule has 100 valence electrons. The Bertz CT molecular complexity index is 255. The number of hydrogen-bond acceptors (Lipinski definition) is 2. The summed E-state index contributed by atoms with van der Waals surface area (Å²) in [5.74, 6) is 0.896. The maximum absolute atomic E-state index is 10.8. The van der Waals surface area contributed by atoms with E-state index in [9.17, 15) is 4.79 Å². The summed E-state index contributed by atoms with van der Waals surface area (Å²) in [6.07, 6.45) is 3.98. The zero-order valence-corrected chi connectivity index (χ0v) is 11.6. The van der Waals surface area contributed by atoms with E-state index in [-0.39, 0.29) is 12.5 Å². The predicted octanol–water partition coefficient (Wildman–Crippen LogP) is 3.00. The Balaban J connectivity index is 2.58. The molecule has 0 spiro atoms. The van der Waals surface area contributed by atoms with Crippen LogP contribution in [0.1, 0.15) is 53.4 Å². The van der Waals surface area contributed by atoms with Gasteiger partial charge in [0.05, 0.1) is 6.42 Å². The van der Waals surface area contributed by atoms with E-state index in [1.807, 2.05) is 6.92 Å². The van der Waals surface area contributed by atoms with Crippen molar-refractivity contribution in [2.75, 3.05) is 6.54 Å². The molecule has 0 aromatic heterocycles. The normalized spacial score (nSPS) is 31.5. The molecular weight excluding hydrogens is 214 g/mol. The number of carbonyl (C=O) groups is 1. The molecular formula is C14H27NO2. The van der Waals surface area contributed by atoms with E-state index in [2.05, 4.69) is 25.7 Å². The molecule has 1 fully saturated rings. The number of nitrogens with zero attached hydrogens (tertiary/aromatic N) is 1. The van der Waals surface area contributed by atoms with E-state index < -0.39 is 5.97 Å². The van der Waals surface area contributed by atoms with Crippen LogP contribution in [0, 0.1) is 11.8 Å². The number of carboxylic acid groups (broad SMARTS) is 1. The molecule has 4 unspecified atom stereocenters. The second-order valence-corrected chi connectivity index (χ2v) is 5.70. The molecule has 1 rings (SSSR count). The van der Waals surface area contributed by atoms with E-state index >= 15 is 0 Å². The fraction of sp³-hybridized carbons (Fsp3) is 0.929. The first-order valence-corrected chi connectivity index (χ1v) is 6.93. The highest BCUT2D eigenvalue weighted by Gasteiger charge is 2.30. The summed E-state index contributed by atoms with van der Waals surface area (Å²) < 4.78 is 0. The van der Waals surface area contributed by atoms with Crippen molar-refractivity contribution in [3.8, 4) is 0 Å². The van der Waals surface area contributed by atoms with Crippen LogP contribution >= 0.6 is 0 Å². The summed E-state index contributed by atoms with van der Waals surface area (Å²) in [5, 5.41) is 8.89. The van der Waals surface area contributed by atoms with Gasteiger partial charge in [0.25, 0.3) is 0 Å². The first-order chi connectivity index (χ1) is 7.95. The lowest BCUT2D eigenvalue weighted by Gasteiger charge is -2.41. The molecule has 1 N–H and O–H groups in total. The van der Waals surface area contributed by atoms with E-state index in [1.165, 1.54) is 19.3 Å². The molecule has 3 nitrogen and oxygen atoms in total. The Morgan fingerprint density at radius 3 is 2.47 bits per heavy atom. The van der Waals surface area contributed by atoms with Gasteiger partial charge in [0.1, 0.15) is 0 Å². The summed E-state index contributed by atoms with van der Waals surface area (Å²) in [6.45, 7) is 9.80. The van der Waals surface area contributed by atoms with E-state index in [1.54, 1.807) is 0 Å². The van der Waals surface area contributed by atoms with Crippen molar-refractivity contribution in [3.05, 3.63) is 0 Å². The number of carboxylic acids is 1. The highest BCUT2D eigenvalue weighted by Crippen LogP contribution is 2.33. The van der Waals surface area contributed by atoms with Gasteiger partial charge in [-0.3, -0.25) is 9.69 Å². The first kappa shape index (κ1) is 14.5. The van der Waals surface area contributed by atoms with Gasteiger partial charge in [-0.1, -0.05) is 20.8 Å². The summed E-state index contributed by atoms with van der Waals surface area (Å²) >= 11 is 0. The van der Waals surface area contributed by atoms with Crippen molar-refractivity contribution in [2.45, 2.75) is 65.5 Å². The van der Waals surface area contributed by atoms with Crippen molar-refractivity contribution in [1.29, 1.82) is 0 Å². The minimum atomic E-state index is -0.687. The van der Waals surface area contributed by atoms with Gasteiger partial charge in [-0.2, -0.15) is 0 Å². The van der Waals surface area contributed by atoms with E-state index in [0.717, 1.165) is 18.4 Å². The molecule has 3 heteroatoms. The minimum absolute atomic E-state index is 0.156. The summed E-state index contributed by atoms with van der Waals surface area (Å²) in [5.41, 5.74) is 0. The molecule has 1 aliphatic rings. The molecule has 0 aromatic carbocycles. The maximum atomic E-state index is 10.8. The fourth-order valence-electron chi connectivity index (χ4n) is 3.12. The van der Waals surface area contributed by atoms with Crippen LogP contribution in [0.4, 0.5) is 0 Å². The van der Waals surface area contributed by atoms with Gasteiger partial charge in [-0.25, -0.2) is 0 Å². The highest BCUT2D eigenvalue weighted by molar-refractivity contribution is 5.67. The largest absolute Gasteiger partial charge is 0.481 e. The van der Waals surface area contributed by atoms with Gasteiger partial charge < -0.3 is 5.11 Å². The van der Waals surface area contributed by atoms with Gasteiger partial charge in [0.2, 0.25) is 0 Å². The third-order valence-corrected chi connectivity index (χ3v) is 4.44. The van der Waals surface area contributed by atoms with Gasteiger partial charge in [-0.15, -0.1) is 0 Å². The van der Waals surface area contributed by atoms with Gasteiger partial charge >= 0.3 is 5.97 Å². The quantitative estimate of drug-likeness (QED) is 0.804. The molecule has 4 atom stereocenters.